The summed E-state index contributed by atoms with van der Waals surface area (Å²) >= 11 is 0. The highest BCUT2D eigenvalue weighted by molar-refractivity contribution is 6.06. The number of carbonyl (C=O) groups excluding carboxylic acids is 2. The smallest absolute Gasteiger partial charge is 0.258 e. The Labute approximate surface area is 147 Å². The van der Waals surface area contributed by atoms with Crippen molar-refractivity contribution in [3.63, 3.8) is 0 Å². The molecule has 5 nitrogen and oxygen atoms in total. The lowest BCUT2D eigenvalue weighted by molar-refractivity contribution is 0.101. The number of hydrogen-bond acceptors (Lipinski definition) is 3. The minimum Gasteiger partial charge on any atom is -0.322 e. The van der Waals surface area contributed by atoms with Crippen LogP contribution in [0.2, 0.25) is 0 Å². The zero-order chi connectivity index (χ0) is 18.5. The number of rotatable bonds is 4. The number of hydrogen-bond donors (Lipinski definition) is 2. The fourth-order valence-corrected chi connectivity index (χ4v) is 2.25. The van der Waals surface area contributed by atoms with Crippen LogP contribution in [-0.4, -0.2) is 16.8 Å². The molecular formula is C19H13F2N3O2. The second-order valence-corrected chi connectivity index (χ2v) is 5.35. The van der Waals surface area contributed by atoms with Crippen molar-refractivity contribution in [2.45, 2.75) is 0 Å². The molecule has 130 valence electrons. The fraction of sp³-hybridized carbons (Fsp3) is 0. The molecule has 0 fully saturated rings. The molecule has 26 heavy (non-hydrogen) atoms. The molecule has 2 aromatic carbocycles. The summed E-state index contributed by atoms with van der Waals surface area (Å²) in [4.78, 5) is 28.1. The van der Waals surface area contributed by atoms with Crippen LogP contribution in [0.5, 0.6) is 0 Å². The first kappa shape index (κ1) is 17.2. The molecule has 0 aliphatic carbocycles. The minimum atomic E-state index is -0.955. The third-order valence-electron chi connectivity index (χ3n) is 3.48. The van der Waals surface area contributed by atoms with Crippen LogP contribution in [0.3, 0.4) is 0 Å². The minimum absolute atomic E-state index is 0.281. The molecule has 0 bridgehead atoms. The number of nitrogens with zero attached hydrogens (tertiary/aromatic N) is 1. The third kappa shape index (κ3) is 4.07. The number of aromatic nitrogens is 1. The van der Waals surface area contributed by atoms with Crippen LogP contribution in [0.25, 0.3) is 0 Å². The zero-order valence-electron chi connectivity index (χ0n) is 13.4. The molecule has 0 aliphatic rings. The summed E-state index contributed by atoms with van der Waals surface area (Å²) in [5.41, 5.74) is 0.894. The second-order valence-electron chi connectivity index (χ2n) is 5.35. The molecule has 0 saturated carbocycles. The van der Waals surface area contributed by atoms with E-state index >= 15 is 0 Å². The van der Waals surface area contributed by atoms with Crippen LogP contribution >= 0.6 is 0 Å². The maximum absolute atomic E-state index is 13.7. The predicted octanol–water partition coefficient (Wildman–Crippen LogP) is 3.86. The highest BCUT2D eigenvalue weighted by atomic mass is 19.1. The van der Waals surface area contributed by atoms with Crippen molar-refractivity contribution in [2.24, 2.45) is 0 Å². The highest BCUT2D eigenvalue weighted by Gasteiger charge is 2.13. The molecule has 0 unspecified atom stereocenters. The van der Waals surface area contributed by atoms with E-state index in [1.165, 1.54) is 12.3 Å². The maximum atomic E-state index is 13.7. The van der Waals surface area contributed by atoms with Crippen LogP contribution in [0, 0.1) is 11.6 Å². The molecule has 2 N–H and O–H groups in total. The lowest BCUT2D eigenvalue weighted by atomic mass is 10.2. The normalized spacial score (nSPS) is 10.2. The molecule has 0 atom stereocenters. The molecule has 1 heterocycles. The Bertz CT molecular complexity index is 962. The SMILES string of the molecule is O=C(Nc1cccc(NC(=O)c2ccc(F)cc2F)c1)c1cccnc1. The zero-order valence-corrected chi connectivity index (χ0v) is 13.4. The molecule has 1 aromatic heterocycles. The lowest BCUT2D eigenvalue weighted by Gasteiger charge is -2.09. The first-order valence-electron chi connectivity index (χ1n) is 7.61. The van der Waals surface area contributed by atoms with Crippen LogP contribution in [0.1, 0.15) is 20.7 Å². The number of amides is 2. The van der Waals surface area contributed by atoms with Crippen molar-refractivity contribution in [1.82, 2.24) is 4.98 Å². The molecule has 0 spiro atoms. The van der Waals surface area contributed by atoms with Gasteiger partial charge in [0.05, 0.1) is 11.1 Å². The molecule has 7 heteroatoms. The Morgan fingerprint density at radius 1 is 0.846 bits per heavy atom. The number of benzene rings is 2. The molecule has 2 amide bonds. The lowest BCUT2D eigenvalue weighted by Crippen LogP contribution is -2.15. The Hall–Kier alpha value is -3.61. The summed E-state index contributed by atoms with van der Waals surface area (Å²) in [7, 11) is 0. The average molecular weight is 353 g/mol. The van der Waals surface area contributed by atoms with Gasteiger partial charge < -0.3 is 10.6 Å². The van der Waals surface area contributed by atoms with Gasteiger partial charge in [-0.25, -0.2) is 8.78 Å². The highest BCUT2D eigenvalue weighted by Crippen LogP contribution is 2.18. The summed E-state index contributed by atoms with van der Waals surface area (Å²) in [5, 5.41) is 5.18. The summed E-state index contributed by atoms with van der Waals surface area (Å²) in [5.74, 6) is -2.80. The van der Waals surface area contributed by atoms with Gasteiger partial charge in [-0.2, -0.15) is 0 Å². The van der Waals surface area contributed by atoms with Crippen molar-refractivity contribution >= 4 is 23.2 Å². The number of carbonyl (C=O) groups is 2. The van der Waals surface area contributed by atoms with Gasteiger partial charge in [0.1, 0.15) is 11.6 Å². The van der Waals surface area contributed by atoms with E-state index in [1.54, 1.807) is 36.5 Å². The third-order valence-corrected chi connectivity index (χ3v) is 3.48. The van der Waals surface area contributed by atoms with E-state index < -0.39 is 17.5 Å². The molecule has 0 aliphatic heterocycles. The second kappa shape index (κ2) is 7.52. The summed E-state index contributed by atoms with van der Waals surface area (Å²) < 4.78 is 26.6. The summed E-state index contributed by atoms with van der Waals surface area (Å²) in [6.45, 7) is 0. The first-order chi connectivity index (χ1) is 12.5. The monoisotopic (exact) mass is 353 g/mol. The predicted molar refractivity (Wildman–Crippen MR) is 92.9 cm³/mol. The van der Waals surface area contributed by atoms with E-state index in [1.807, 2.05) is 0 Å². The maximum Gasteiger partial charge on any atom is 0.258 e. The van der Waals surface area contributed by atoms with Gasteiger partial charge in [0.2, 0.25) is 0 Å². The molecule has 3 rings (SSSR count). The average Bonchev–Trinajstić information content (AvgIpc) is 2.62. The number of halogens is 2. The summed E-state index contributed by atoms with van der Waals surface area (Å²) in [6.07, 6.45) is 2.99. The van der Waals surface area contributed by atoms with Gasteiger partial charge in [-0.15, -0.1) is 0 Å². The first-order valence-corrected chi connectivity index (χ1v) is 7.61. The van der Waals surface area contributed by atoms with Crippen molar-refractivity contribution < 1.29 is 18.4 Å². The molecule has 0 radical (unpaired) electrons. The number of nitrogens with one attached hydrogen (secondary N) is 2. The van der Waals surface area contributed by atoms with E-state index in [0.717, 1.165) is 12.1 Å². The van der Waals surface area contributed by atoms with Crippen LogP contribution < -0.4 is 10.6 Å². The largest absolute Gasteiger partial charge is 0.322 e. The van der Waals surface area contributed by atoms with Crippen molar-refractivity contribution in [3.8, 4) is 0 Å². The van der Waals surface area contributed by atoms with Gasteiger partial charge in [-0.3, -0.25) is 14.6 Å². The Kier molecular flexibility index (Phi) is 4.98. The fourth-order valence-electron chi connectivity index (χ4n) is 2.25. The molecule has 3 aromatic rings. The van der Waals surface area contributed by atoms with Gasteiger partial charge in [0.15, 0.2) is 0 Å². The van der Waals surface area contributed by atoms with Crippen molar-refractivity contribution in [1.29, 1.82) is 0 Å². The van der Waals surface area contributed by atoms with Gasteiger partial charge in [0.25, 0.3) is 11.8 Å². The molecular weight excluding hydrogens is 340 g/mol. The van der Waals surface area contributed by atoms with Crippen molar-refractivity contribution in [3.05, 3.63) is 89.8 Å². The quantitative estimate of drug-likeness (QED) is 0.748. The number of pyridine rings is 1. The van der Waals surface area contributed by atoms with E-state index in [-0.39, 0.29) is 11.5 Å². The van der Waals surface area contributed by atoms with Crippen LogP contribution in [-0.2, 0) is 0 Å². The Balaban J connectivity index is 1.73. The number of anilines is 2. The van der Waals surface area contributed by atoms with Gasteiger partial charge in [-0.1, -0.05) is 6.07 Å². The Morgan fingerprint density at radius 3 is 2.23 bits per heavy atom. The Morgan fingerprint density at radius 2 is 1.58 bits per heavy atom. The van der Waals surface area contributed by atoms with Crippen LogP contribution in [0.4, 0.5) is 20.2 Å². The van der Waals surface area contributed by atoms with E-state index in [9.17, 15) is 18.4 Å². The van der Waals surface area contributed by atoms with E-state index in [0.29, 0.717) is 23.0 Å². The van der Waals surface area contributed by atoms with Crippen molar-refractivity contribution in [2.75, 3.05) is 10.6 Å². The van der Waals surface area contributed by atoms with Crippen LogP contribution in [0.15, 0.2) is 67.0 Å². The van der Waals surface area contributed by atoms with E-state index in [4.69, 9.17) is 0 Å². The van der Waals surface area contributed by atoms with Gasteiger partial charge in [0, 0.05) is 29.8 Å². The van der Waals surface area contributed by atoms with Gasteiger partial charge in [-0.05, 0) is 42.5 Å². The standard InChI is InChI=1S/C19H13F2N3O2/c20-13-6-7-16(17(21)9-13)19(26)24-15-5-1-4-14(10-15)23-18(25)12-3-2-8-22-11-12/h1-11H,(H,23,25)(H,24,26). The van der Waals surface area contributed by atoms with Gasteiger partial charge >= 0.3 is 0 Å². The molecule has 0 saturated heterocycles. The summed E-state index contributed by atoms with van der Waals surface area (Å²) in [6, 6.07) is 12.3. The van der Waals surface area contributed by atoms with E-state index in [2.05, 4.69) is 15.6 Å². The topological polar surface area (TPSA) is 71.1 Å².